The molecule has 7 nitrogen and oxygen atoms in total. The van der Waals surface area contributed by atoms with Crippen LogP contribution in [-0.4, -0.2) is 25.8 Å². The zero-order valence-electron chi connectivity index (χ0n) is 7.51. The molecule has 0 unspecified atom stereocenters. The molecule has 14 heavy (non-hydrogen) atoms. The maximum absolute atomic E-state index is 10.5. The number of carboxylic acid groups (broad SMARTS) is 1. The lowest BCUT2D eigenvalue weighted by molar-refractivity contribution is -0.385. The molecule has 0 aliphatic carbocycles. The first-order valence-electron chi connectivity index (χ1n) is 3.97. The molecular weight excluding hydrogens is 190 g/mol. The lowest BCUT2D eigenvalue weighted by Gasteiger charge is -2.00. The van der Waals surface area contributed by atoms with E-state index >= 15 is 0 Å². The molecule has 0 saturated carbocycles. The third kappa shape index (κ3) is 1.87. The van der Waals surface area contributed by atoms with Gasteiger partial charge >= 0.3 is 11.7 Å². The first-order valence-corrected chi connectivity index (χ1v) is 3.97. The molecule has 1 aromatic heterocycles. The van der Waals surface area contributed by atoms with Crippen LogP contribution in [0.15, 0.2) is 6.20 Å². The van der Waals surface area contributed by atoms with Crippen LogP contribution in [-0.2, 0) is 17.8 Å². The van der Waals surface area contributed by atoms with Crippen molar-refractivity contribution in [2.75, 3.05) is 0 Å². The lowest BCUT2D eigenvalue weighted by atomic mass is 10.3. The van der Waals surface area contributed by atoms with Crippen molar-refractivity contribution < 1.29 is 14.8 Å². The SMILES string of the molecule is CCc1c([N+](=O)[O-])cnn1CC(=O)O. The molecule has 0 bridgehead atoms. The van der Waals surface area contributed by atoms with Gasteiger partial charge in [-0.05, 0) is 6.42 Å². The Hall–Kier alpha value is -1.92. The van der Waals surface area contributed by atoms with Crippen LogP contribution in [0, 0.1) is 10.1 Å². The Balaban J connectivity index is 3.07. The molecule has 0 aliphatic heterocycles. The molecule has 0 atom stereocenters. The molecule has 0 spiro atoms. The third-order valence-corrected chi connectivity index (χ3v) is 1.74. The van der Waals surface area contributed by atoms with Crippen molar-refractivity contribution in [1.29, 1.82) is 0 Å². The van der Waals surface area contributed by atoms with Gasteiger partial charge < -0.3 is 5.11 Å². The molecule has 1 heterocycles. The van der Waals surface area contributed by atoms with E-state index in [0.29, 0.717) is 12.1 Å². The van der Waals surface area contributed by atoms with Crippen LogP contribution in [0.3, 0.4) is 0 Å². The predicted octanol–water partition coefficient (Wildman–Crippen LogP) is 0.438. The van der Waals surface area contributed by atoms with E-state index < -0.39 is 10.9 Å². The van der Waals surface area contributed by atoms with Crippen LogP contribution in [0.25, 0.3) is 0 Å². The van der Waals surface area contributed by atoms with Crippen molar-refractivity contribution in [2.24, 2.45) is 0 Å². The van der Waals surface area contributed by atoms with Crippen LogP contribution in [0.5, 0.6) is 0 Å². The van der Waals surface area contributed by atoms with Gasteiger partial charge in [-0.25, -0.2) is 0 Å². The minimum absolute atomic E-state index is 0.131. The summed E-state index contributed by atoms with van der Waals surface area (Å²) in [6, 6.07) is 0. The minimum atomic E-state index is -1.07. The second kappa shape index (κ2) is 3.86. The largest absolute Gasteiger partial charge is 0.480 e. The maximum atomic E-state index is 10.5. The Morgan fingerprint density at radius 3 is 2.86 bits per heavy atom. The monoisotopic (exact) mass is 199 g/mol. The molecule has 1 aromatic rings. The molecule has 0 radical (unpaired) electrons. The summed E-state index contributed by atoms with van der Waals surface area (Å²) >= 11 is 0. The predicted molar refractivity (Wildman–Crippen MR) is 45.9 cm³/mol. The number of nitro groups is 1. The standard InChI is InChI=1S/C7H9N3O4/c1-2-5-6(10(13)14)3-8-9(5)4-7(11)12/h3H,2,4H2,1H3,(H,11,12). The van der Waals surface area contributed by atoms with Crippen molar-refractivity contribution in [3.8, 4) is 0 Å². The molecule has 0 aliphatic rings. The van der Waals surface area contributed by atoms with Gasteiger partial charge in [-0.15, -0.1) is 0 Å². The summed E-state index contributed by atoms with van der Waals surface area (Å²) in [7, 11) is 0. The summed E-state index contributed by atoms with van der Waals surface area (Å²) in [4.78, 5) is 20.3. The quantitative estimate of drug-likeness (QED) is 0.560. The first-order chi connectivity index (χ1) is 6.56. The van der Waals surface area contributed by atoms with Gasteiger partial charge in [0.1, 0.15) is 18.4 Å². The average molecular weight is 199 g/mol. The number of rotatable bonds is 4. The summed E-state index contributed by atoms with van der Waals surface area (Å²) < 4.78 is 1.13. The van der Waals surface area contributed by atoms with Gasteiger partial charge in [0, 0.05) is 0 Å². The van der Waals surface area contributed by atoms with Gasteiger partial charge in [-0.3, -0.25) is 19.6 Å². The smallest absolute Gasteiger partial charge is 0.325 e. The number of hydrogen-bond acceptors (Lipinski definition) is 4. The van der Waals surface area contributed by atoms with E-state index in [1.165, 1.54) is 0 Å². The van der Waals surface area contributed by atoms with E-state index in [-0.39, 0.29) is 12.2 Å². The molecule has 0 fully saturated rings. The number of carboxylic acids is 1. The number of aromatic nitrogens is 2. The normalized spacial score (nSPS) is 10.1. The van der Waals surface area contributed by atoms with Crippen molar-refractivity contribution in [2.45, 2.75) is 19.9 Å². The fourth-order valence-corrected chi connectivity index (χ4v) is 1.18. The van der Waals surface area contributed by atoms with E-state index in [1.54, 1.807) is 6.92 Å². The number of carbonyl (C=O) groups is 1. The topological polar surface area (TPSA) is 98.3 Å². The Kier molecular flexibility index (Phi) is 2.80. The molecule has 7 heteroatoms. The highest BCUT2D eigenvalue weighted by Crippen LogP contribution is 2.17. The Morgan fingerprint density at radius 2 is 2.43 bits per heavy atom. The fourth-order valence-electron chi connectivity index (χ4n) is 1.18. The highest BCUT2D eigenvalue weighted by atomic mass is 16.6. The van der Waals surface area contributed by atoms with Gasteiger partial charge in [0.15, 0.2) is 0 Å². The van der Waals surface area contributed by atoms with E-state index in [4.69, 9.17) is 5.11 Å². The van der Waals surface area contributed by atoms with Crippen LogP contribution < -0.4 is 0 Å². The van der Waals surface area contributed by atoms with Crippen LogP contribution in [0.1, 0.15) is 12.6 Å². The van der Waals surface area contributed by atoms with Crippen molar-refractivity contribution in [3.63, 3.8) is 0 Å². The molecule has 76 valence electrons. The molecular formula is C7H9N3O4. The highest BCUT2D eigenvalue weighted by Gasteiger charge is 2.19. The zero-order chi connectivity index (χ0) is 10.7. The zero-order valence-corrected chi connectivity index (χ0v) is 7.51. The second-order valence-corrected chi connectivity index (χ2v) is 2.64. The Labute approximate surface area is 79.1 Å². The number of nitrogens with zero attached hydrogens (tertiary/aromatic N) is 3. The van der Waals surface area contributed by atoms with Gasteiger partial charge in [0.2, 0.25) is 0 Å². The van der Waals surface area contributed by atoms with E-state index in [2.05, 4.69) is 5.10 Å². The first kappa shape index (κ1) is 10.2. The van der Waals surface area contributed by atoms with E-state index in [1.807, 2.05) is 0 Å². The van der Waals surface area contributed by atoms with Crippen LogP contribution in [0.2, 0.25) is 0 Å². The Bertz CT molecular complexity index is 371. The lowest BCUT2D eigenvalue weighted by Crippen LogP contribution is -2.13. The number of aliphatic carboxylic acids is 1. The summed E-state index contributed by atoms with van der Waals surface area (Å²) in [6.07, 6.45) is 1.45. The number of hydrogen-bond donors (Lipinski definition) is 1. The molecule has 0 saturated heterocycles. The molecule has 0 amide bonds. The molecule has 1 rings (SSSR count). The Morgan fingerprint density at radius 1 is 1.79 bits per heavy atom. The molecule has 0 aromatic carbocycles. The van der Waals surface area contributed by atoms with E-state index in [0.717, 1.165) is 10.9 Å². The van der Waals surface area contributed by atoms with Crippen molar-refractivity contribution in [3.05, 3.63) is 22.0 Å². The second-order valence-electron chi connectivity index (χ2n) is 2.64. The van der Waals surface area contributed by atoms with Gasteiger partial charge in [-0.2, -0.15) is 5.10 Å². The van der Waals surface area contributed by atoms with Crippen LogP contribution in [0.4, 0.5) is 5.69 Å². The van der Waals surface area contributed by atoms with E-state index in [9.17, 15) is 14.9 Å². The summed E-state index contributed by atoms with van der Waals surface area (Å²) in [6.45, 7) is 1.36. The van der Waals surface area contributed by atoms with Crippen molar-refractivity contribution >= 4 is 11.7 Å². The maximum Gasteiger partial charge on any atom is 0.325 e. The van der Waals surface area contributed by atoms with Gasteiger partial charge in [0.05, 0.1) is 4.92 Å². The van der Waals surface area contributed by atoms with Gasteiger partial charge in [-0.1, -0.05) is 6.92 Å². The minimum Gasteiger partial charge on any atom is -0.480 e. The summed E-state index contributed by atoms with van der Waals surface area (Å²) in [5, 5.41) is 22.6. The molecule has 1 N–H and O–H groups in total. The van der Waals surface area contributed by atoms with Crippen molar-refractivity contribution in [1.82, 2.24) is 9.78 Å². The fraction of sp³-hybridized carbons (Fsp3) is 0.429. The highest BCUT2D eigenvalue weighted by molar-refractivity contribution is 5.66. The summed E-state index contributed by atoms with van der Waals surface area (Å²) in [5.74, 6) is -1.07. The van der Waals surface area contributed by atoms with Gasteiger partial charge in [0.25, 0.3) is 0 Å². The summed E-state index contributed by atoms with van der Waals surface area (Å²) in [5.41, 5.74) is 0.200. The third-order valence-electron chi connectivity index (χ3n) is 1.74. The van der Waals surface area contributed by atoms with Crippen LogP contribution >= 0.6 is 0 Å². The average Bonchev–Trinajstić information content (AvgIpc) is 2.46.